The van der Waals surface area contributed by atoms with Crippen molar-refractivity contribution in [3.05, 3.63) is 77.5 Å². The van der Waals surface area contributed by atoms with E-state index in [2.05, 4.69) is 15.6 Å². The topological polar surface area (TPSA) is 147 Å². The number of unbranched alkanes of at least 4 members (excludes halogenated alkanes) is 1. The van der Waals surface area contributed by atoms with Crippen LogP contribution in [0.4, 0.5) is 0 Å². The highest BCUT2D eigenvalue weighted by atomic mass is 16.4. The van der Waals surface area contributed by atoms with Gasteiger partial charge in [-0.1, -0.05) is 69.0 Å². The molecule has 4 rings (SSSR count). The van der Waals surface area contributed by atoms with Gasteiger partial charge in [-0.25, -0.2) is 16.2 Å². The van der Waals surface area contributed by atoms with E-state index in [1.807, 2.05) is 74.5 Å². The molecule has 0 spiro atoms. The predicted octanol–water partition coefficient (Wildman–Crippen LogP) is 5.11. The van der Waals surface area contributed by atoms with Crippen molar-refractivity contribution in [2.24, 2.45) is 16.7 Å². The molecule has 1 fully saturated rings. The fraction of sp³-hybridized carbons (Fsp3) is 0.375. The van der Waals surface area contributed by atoms with Gasteiger partial charge in [0.2, 0.25) is 5.91 Å². The number of amides is 1. The summed E-state index contributed by atoms with van der Waals surface area (Å²) in [5.41, 5.74) is 13.3. The molecule has 1 amide bonds. The summed E-state index contributed by atoms with van der Waals surface area (Å²) in [6.45, 7) is 4.23. The Morgan fingerprint density at radius 1 is 1.05 bits per heavy atom. The van der Waals surface area contributed by atoms with Crippen molar-refractivity contribution in [3.63, 3.8) is 0 Å². The molecular weight excluding hydrogens is 516 g/mol. The summed E-state index contributed by atoms with van der Waals surface area (Å²) < 4.78 is 0. The number of nitrogens with two attached hydrogens (primary N) is 2. The van der Waals surface area contributed by atoms with E-state index in [0.29, 0.717) is 24.8 Å². The van der Waals surface area contributed by atoms with E-state index >= 15 is 0 Å². The van der Waals surface area contributed by atoms with E-state index in [0.717, 1.165) is 65.7 Å². The highest BCUT2D eigenvalue weighted by molar-refractivity contribution is 6.04. The van der Waals surface area contributed by atoms with Gasteiger partial charge >= 0.3 is 5.97 Å². The number of carbonyl (C=O) groups is 2. The number of rotatable bonds is 11. The van der Waals surface area contributed by atoms with Crippen molar-refractivity contribution in [1.29, 1.82) is 0 Å². The Bertz CT molecular complexity index is 1400. The number of hydrazine groups is 1. The molecule has 2 aromatic carbocycles. The van der Waals surface area contributed by atoms with Crippen LogP contribution in [0.15, 0.2) is 65.8 Å². The van der Waals surface area contributed by atoms with E-state index in [1.54, 1.807) is 4.90 Å². The first-order valence-corrected chi connectivity index (χ1v) is 14.3. The van der Waals surface area contributed by atoms with Crippen LogP contribution in [-0.2, 0) is 16.1 Å². The molecule has 1 heterocycles. The number of hydrogen-bond acceptors (Lipinski definition) is 6. The lowest BCUT2D eigenvalue weighted by Gasteiger charge is -2.43. The first-order chi connectivity index (χ1) is 19.8. The maximum absolute atomic E-state index is 13.4. The molecule has 0 bridgehead atoms. The van der Waals surface area contributed by atoms with Gasteiger partial charge in [0.25, 0.3) is 0 Å². The maximum atomic E-state index is 13.4. The third kappa shape index (κ3) is 6.74. The second-order valence-corrected chi connectivity index (χ2v) is 10.7. The zero-order valence-corrected chi connectivity index (χ0v) is 23.9. The van der Waals surface area contributed by atoms with E-state index in [-0.39, 0.29) is 18.3 Å². The van der Waals surface area contributed by atoms with E-state index in [9.17, 15) is 14.7 Å². The van der Waals surface area contributed by atoms with Gasteiger partial charge in [0, 0.05) is 29.8 Å². The van der Waals surface area contributed by atoms with Crippen LogP contribution >= 0.6 is 0 Å². The Kier molecular flexibility index (Phi) is 9.73. The quantitative estimate of drug-likeness (QED) is 0.111. The number of hydrazone groups is 1. The smallest absolute Gasteiger partial charge is 0.329 e. The number of aromatic nitrogens is 1. The third-order valence-corrected chi connectivity index (χ3v) is 7.91. The Labute approximate surface area is 241 Å². The molecular formula is C32H40N6O3. The van der Waals surface area contributed by atoms with Gasteiger partial charge in [0.15, 0.2) is 5.84 Å². The Balaban J connectivity index is 1.71. The lowest BCUT2D eigenvalue weighted by molar-refractivity contribution is -0.163. The van der Waals surface area contributed by atoms with Crippen molar-refractivity contribution in [2.45, 2.75) is 77.3 Å². The Morgan fingerprint density at radius 3 is 2.39 bits per heavy atom. The summed E-state index contributed by atoms with van der Waals surface area (Å²) in [5, 5.41) is 14.3. The van der Waals surface area contributed by atoms with Crippen molar-refractivity contribution in [3.8, 4) is 22.4 Å². The zero-order chi connectivity index (χ0) is 29.4. The minimum absolute atomic E-state index is 0.0980. The minimum atomic E-state index is -1.16. The molecule has 6 N–H and O–H groups in total. The van der Waals surface area contributed by atoms with Gasteiger partial charge in [-0.3, -0.25) is 9.78 Å². The number of amidine groups is 1. The highest BCUT2D eigenvalue weighted by Crippen LogP contribution is 2.36. The lowest BCUT2D eigenvalue weighted by atomic mass is 9.79. The Hall–Kier alpha value is -4.24. The number of aliphatic carboxylic acids is 1. The van der Waals surface area contributed by atoms with Crippen LogP contribution in [0.3, 0.4) is 0 Å². The largest absolute Gasteiger partial charge is 0.479 e. The van der Waals surface area contributed by atoms with E-state index in [1.165, 1.54) is 0 Å². The van der Waals surface area contributed by atoms with Crippen LogP contribution in [0, 0.1) is 6.92 Å². The molecule has 3 aromatic rings. The number of nitrogens with one attached hydrogen (secondary N) is 1. The third-order valence-electron chi connectivity index (χ3n) is 7.91. The summed E-state index contributed by atoms with van der Waals surface area (Å²) >= 11 is 0. The van der Waals surface area contributed by atoms with Crippen molar-refractivity contribution < 1.29 is 14.7 Å². The zero-order valence-electron chi connectivity index (χ0n) is 23.9. The fourth-order valence-corrected chi connectivity index (χ4v) is 5.65. The molecule has 1 aliphatic rings. The van der Waals surface area contributed by atoms with Gasteiger partial charge < -0.3 is 15.7 Å². The SMILES string of the molecule is CCCCC(=O)N(Cc1ccc(-c2cc(-c3cccc(C)n3)ccc2/C(N)=N/NN)cc1)C1(C(=O)O)CCCCC1. The minimum Gasteiger partial charge on any atom is -0.479 e. The first-order valence-electron chi connectivity index (χ1n) is 14.3. The first kappa shape index (κ1) is 29.7. The van der Waals surface area contributed by atoms with Crippen LogP contribution in [0.1, 0.15) is 75.1 Å². The molecule has 0 unspecified atom stereocenters. The number of hydrogen-bond donors (Lipinski definition) is 4. The molecule has 0 aliphatic heterocycles. The monoisotopic (exact) mass is 556 g/mol. The van der Waals surface area contributed by atoms with Crippen LogP contribution in [-0.4, -0.2) is 38.2 Å². The van der Waals surface area contributed by atoms with Crippen molar-refractivity contribution in [1.82, 2.24) is 15.4 Å². The maximum Gasteiger partial charge on any atom is 0.329 e. The molecule has 1 aromatic heterocycles. The number of benzene rings is 2. The number of nitrogens with zero attached hydrogens (tertiary/aromatic N) is 3. The molecule has 0 atom stereocenters. The van der Waals surface area contributed by atoms with Crippen molar-refractivity contribution in [2.75, 3.05) is 0 Å². The van der Waals surface area contributed by atoms with Gasteiger partial charge in [-0.2, -0.15) is 0 Å². The molecule has 0 radical (unpaired) electrons. The summed E-state index contributed by atoms with van der Waals surface area (Å²) in [5.74, 6) is 4.64. The number of carbonyl (C=O) groups excluding carboxylic acids is 1. The molecule has 0 saturated heterocycles. The average Bonchev–Trinajstić information content (AvgIpc) is 2.99. The summed E-state index contributed by atoms with van der Waals surface area (Å²) in [6, 6.07) is 19.6. The van der Waals surface area contributed by atoms with Crippen molar-refractivity contribution >= 4 is 17.7 Å². The van der Waals surface area contributed by atoms with Crippen LogP contribution < -0.4 is 17.1 Å². The van der Waals surface area contributed by atoms with Gasteiger partial charge in [0.05, 0.1) is 5.69 Å². The van der Waals surface area contributed by atoms with Crippen LogP contribution in [0.5, 0.6) is 0 Å². The molecule has 216 valence electrons. The second-order valence-electron chi connectivity index (χ2n) is 10.7. The number of carboxylic acids is 1. The summed E-state index contributed by atoms with van der Waals surface area (Å²) in [6.07, 6.45) is 5.52. The van der Waals surface area contributed by atoms with Gasteiger partial charge in [0.1, 0.15) is 5.54 Å². The highest BCUT2D eigenvalue weighted by Gasteiger charge is 2.46. The summed E-state index contributed by atoms with van der Waals surface area (Å²) in [7, 11) is 0. The van der Waals surface area contributed by atoms with Crippen LogP contribution in [0.25, 0.3) is 22.4 Å². The molecule has 41 heavy (non-hydrogen) atoms. The standard InChI is InChI=1S/C32H40N6O3/c1-3-4-11-29(39)38(32(31(40)41)18-6-5-7-19-32)21-23-12-14-24(15-13-23)27-20-25(28-10-8-9-22(2)35-28)16-17-26(27)30(33)36-37-34/h8-10,12-17,20,37H,3-7,11,18-19,21,34H2,1-2H3,(H2,33,36)(H,40,41). The lowest BCUT2D eigenvalue weighted by Crippen LogP contribution is -2.57. The predicted molar refractivity (Wildman–Crippen MR) is 161 cm³/mol. The fourth-order valence-electron chi connectivity index (χ4n) is 5.65. The van der Waals surface area contributed by atoms with Gasteiger partial charge in [-0.05, 0) is 67.1 Å². The molecule has 9 nitrogen and oxygen atoms in total. The molecule has 9 heteroatoms. The average molecular weight is 557 g/mol. The number of aryl methyl sites for hydroxylation is 1. The van der Waals surface area contributed by atoms with E-state index in [4.69, 9.17) is 11.6 Å². The van der Waals surface area contributed by atoms with Gasteiger partial charge in [-0.15, -0.1) is 5.10 Å². The second kappa shape index (κ2) is 13.4. The summed E-state index contributed by atoms with van der Waals surface area (Å²) in [4.78, 5) is 32.3. The molecule has 1 saturated carbocycles. The normalized spacial score (nSPS) is 14.9. The number of carboxylic acid groups (broad SMARTS) is 1. The molecule has 1 aliphatic carbocycles. The van der Waals surface area contributed by atoms with E-state index < -0.39 is 11.5 Å². The number of pyridine rings is 1. The Morgan fingerprint density at radius 2 is 1.76 bits per heavy atom. The van der Waals surface area contributed by atoms with Crippen LogP contribution in [0.2, 0.25) is 0 Å².